The molecule has 1 aromatic carbocycles. The second kappa shape index (κ2) is 4.76. The standard InChI is InChI=1S/C10H4Cl4N2/c11-6-1-5(2-7(12)10(6)14)8-3-9(13)16-4-15-8/h1-4H. The van der Waals surface area contributed by atoms with Crippen LogP contribution in [0.3, 0.4) is 0 Å². The van der Waals surface area contributed by atoms with E-state index in [1.807, 2.05) is 0 Å². The predicted molar refractivity (Wildman–Crippen MR) is 67.5 cm³/mol. The highest BCUT2D eigenvalue weighted by Crippen LogP contribution is 2.34. The van der Waals surface area contributed by atoms with Gasteiger partial charge in [0.2, 0.25) is 0 Å². The highest BCUT2D eigenvalue weighted by Gasteiger charge is 2.08. The van der Waals surface area contributed by atoms with Gasteiger partial charge in [0.1, 0.15) is 11.5 Å². The molecule has 82 valence electrons. The van der Waals surface area contributed by atoms with Crippen LogP contribution in [0, 0.1) is 0 Å². The molecular formula is C10H4Cl4N2. The number of rotatable bonds is 1. The summed E-state index contributed by atoms with van der Waals surface area (Å²) in [6.45, 7) is 0. The molecule has 0 aliphatic carbocycles. The third-order valence-corrected chi connectivity index (χ3v) is 3.32. The molecule has 0 bridgehead atoms. The van der Waals surface area contributed by atoms with E-state index in [4.69, 9.17) is 46.4 Å². The summed E-state index contributed by atoms with van der Waals surface area (Å²) in [4.78, 5) is 7.86. The summed E-state index contributed by atoms with van der Waals surface area (Å²) >= 11 is 23.4. The van der Waals surface area contributed by atoms with Crippen molar-refractivity contribution in [2.45, 2.75) is 0 Å². The molecule has 0 aliphatic heterocycles. The molecule has 1 aromatic heterocycles. The van der Waals surface area contributed by atoms with Crippen LogP contribution in [0.15, 0.2) is 24.5 Å². The van der Waals surface area contributed by atoms with Gasteiger partial charge < -0.3 is 0 Å². The molecule has 1 heterocycles. The van der Waals surface area contributed by atoms with Crippen molar-refractivity contribution in [2.75, 3.05) is 0 Å². The lowest BCUT2D eigenvalue weighted by molar-refractivity contribution is 1.17. The minimum atomic E-state index is 0.326. The average molecular weight is 294 g/mol. The Morgan fingerprint density at radius 3 is 2.00 bits per heavy atom. The number of nitrogens with zero attached hydrogens (tertiary/aromatic N) is 2. The maximum Gasteiger partial charge on any atom is 0.133 e. The molecule has 0 fully saturated rings. The summed E-state index contributed by atoms with van der Waals surface area (Å²) in [5.74, 6) is 0. The van der Waals surface area contributed by atoms with Crippen molar-refractivity contribution >= 4 is 46.4 Å². The number of hydrogen-bond donors (Lipinski definition) is 0. The Hall–Kier alpha value is -0.540. The second-order valence-corrected chi connectivity index (χ2v) is 4.56. The van der Waals surface area contributed by atoms with Crippen LogP contribution in [0.5, 0.6) is 0 Å². The van der Waals surface area contributed by atoms with Gasteiger partial charge in [-0.05, 0) is 12.1 Å². The highest BCUT2D eigenvalue weighted by molar-refractivity contribution is 6.48. The molecule has 0 radical (unpaired) electrons. The summed E-state index contributed by atoms with van der Waals surface area (Å²) in [5.41, 5.74) is 1.38. The first-order valence-corrected chi connectivity index (χ1v) is 5.71. The lowest BCUT2D eigenvalue weighted by Gasteiger charge is -2.04. The molecule has 2 nitrogen and oxygen atoms in total. The Bertz CT molecular complexity index is 519. The van der Waals surface area contributed by atoms with Gasteiger partial charge in [-0.2, -0.15) is 0 Å². The maximum absolute atomic E-state index is 5.92. The van der Waals surface area contributed by atoms with Crippen molar-refractivity contribution in [1.29, 1.82) is 0 Å². The van der Waals surface area contributed by atoms with Gasteiger partial charge in [-0.3, -0.25) is 0 Å². The summed E-state index contributed by atoms with van der Waals surface area (Å²) in [6.07, 6.45) is 1.37. The van der Waals surface area contributed by atoms with E-state index in [-0.39, 0.29) is 0 Å². The number of aromatic nitrogens is 2. The molecule has 0 saturated carbocycles. The van der Waals surface area contributed by atoms with Crippen molar-refractivity contribution < 1.29 is 0 Å². The molecule has 0 unspecified atom stereocenters. The zero-order valence-corrected chi connectivity index (χ0v) is 10.7. The molecule has 0 atom stereocenters. The molecule has 2 aromatic rings. The molecule has 16 heavy (non-hydrogen) atoms. The molecule has 0 aliphatic rings. The van der Waals surface area contributed by atoms with E-state index in [1.165, 1.54) is 6.33 Å². The van der Waals surface area contributed by atoms with Crippen molar-refractivity contribution in [2.24, 2.45) is 0 Å². The molecule has 2 rings (SSSR count). The normalized spacial score (nSPS) is 10.5. The first-order valence-electron chi connectivity index (χ1n) is 4.20. The van der Waals surface area contributed by atoms with Gasteiger partial charge >= 0.3 is 0 Å². The van der Waals surface area contributed by atoms with Crippen molar-refractivity contribution in [3.8, 4) is 11.3 Å². The fourth-order valence-electron chi connectivity index (χ4n) is 1.19. The Morgan fingerprint density at radius 1 is 0.812 bits per heavy atom. The lowest BCUT2D eigenvalue weighted by atomic mass is 10.1. The van der Waals surface area contributed by atoms with E-state index in [2.05, 4.69) is 9.97 Å². The monoisotopic (exact) mass is 292 g/mol. The minimum absolute atomic E-state index is 0.326. The van der Waals surface area contributed by atoms with Crippen LogP contribution in [0.1, 0.15) is 0 Å². The first kappa shape index (κ1) is 11.9. The van der Waals surface area contributed by atoms with E-state index in [0.29, 0.717) is 25.9 Å². The summed E-state index contributed by atoms with van der Waals surface area (Å²) in [5, 5.41) is 1.43. The van der Waals surface area contributed by atoms with E-state index in [1.54, 1.807) is 18.2 Å². The molecule has 0 amide bonds. The third kappa shape index (κ3) is 2.41. The van der Waals surface area contributed by atoms with Gasteiger partial charge in [-0.1, -0.05) is 46.4 Å². The Balaban J connectivity index is 2.57. The van der Waals surface area contributed by atoms with Crippen LogP contribution in [-0.2, 0) is 0 Å². The van der Waals surface area contributed by atoms with Crippen molar-refractivity contribution in [3.05, 3.63) is 44.7 Å². The van der Waals surface area contributed by atoms with E-state index in [0.717, 1.165) is 5.56 Å². The van der Waals surface area contributed by atoms with Crippen LogP contribution in [0.4, 0.5) is 0 Å². The SMILES string of the molecule is Clc1cc(-c2cc(Cl)c(Cl)c(Cl)c2)ncn1. The van der Waals surface area contributed by atoms with Gasteiger partial charge in [-0.15, -0.1) is 0 Å². The Labute approximate surface area is 112 Å². The van der Waals surface area contributed by atoms with Gasteiger partial charge in [0.25, 0.3) is 0 Å². The highest BCUT2D eigenvalue weighted by atomic mass is 35.5. The van der Waals surface area contributed by atoms with Gasteiger partial charge in [0.15, 0.2) is 0 Å². The number of hydrogen-bond acceptors (Lipinski definition) is 2. The summed E-state index contributed by atoms with van der Waals surface area (Å²) in [7, 11) is 0. The average Bonchev–Trinajstić information content (AvgIpc) is 2.25. The fourth-order valence-corrected chi connectivity index (χ4v) is 1.94. The van der Waals surface area contributed by atoms with Crippen LogP contribution in [0.2, 0.25) is 20.2 Å². The first-order chi connectivity index (χ1) is 7.58. The lowest BCUT2D eigenvalue weighted by Crippen LogP contribution is -1.86. The topological polar surface area (TPSA) is 25.8 Å². The molecular weight excluding hydrogens is 290 g/mol. The zero-order chi connectivity index (χ0) is 11.7. The Morgan fingerprint density at radius 2 is 1.44 bits per heavy atom. The summed E-state index contributed by atoms with van der Waals surface area (Å²) in [6, 6.07) is 4.97. The molecule has 6 heteroatoms. The largest absolute Gasteiger partial charge is 0.236 e. The quantitative estimate of drug-likeness (QED) is 0.560. The fraction of sp³-hybridized carbons (Fsp3) is 0. The predicted octanol–water partition coefficient (Wildman–Crippen LogP) is 4.76. The molecule has 0 saturated heterocycles. The van der Waals surface area contributed by atoms with Gasteiger partial charge in [0, 0.05) is 11.6 Å². The Kier molecular flexibility index (Phi) is 3.55. The minimum Gasteiger partial charge on any atom is -0.236 e. The van der Waals surface area contributed by atoms with Crippen LogP contribution in [-0.4, -0.2) is 9.97 Å². The second-order valence-electron chi connectivity index (χ2n) is 2.98. The van der Waals surface area contributed by atoms with Gasteiger partial charge in [0.05, 0.1) is 20.8 Å². The van der Waals surface area contributed by atoms with E-state index < -0.39 is 0 Å². The van der Waals surface area contributed by atoms with Crippen molar-refractivity contribution in [3.63, 3.8) is 0 Å². The smallest absolute Gasteiger partial charge is 0.133 e. The molecule has 0 spiro atoms. The van der Waals surface area contributed by atoms with Crippen molar-refractivity contribution in [1.82, 2.24) is 9.97 Å². The summed E-state index contributed by atoms with van der Waals surface area (Å²) < 4.78 is 0. The van der Waals surface area contributed by atoms with E-state index in [9.17, 15) is 0 Å². The third-order valence-electron chi connectivity index (χ3n) is 1.91. The van der Waals surface area contributed by atoms with Gasteiger partial charge in [-0.25, -0.2) is 9.97 Å². The maximum atomic E-state index is 5.92. The van der Waals surface area contributed by atoms with Crippen LogP contribution < -0.4 is 0 Å². The molecule has 0 N–H and O–H groups in total. The van der Waals surface area contributed by atoms with Crippen LogP contribution in [0.25, 0.3) is 11.3 Å². The zero-order valence-electron chi connectivity index (χ0n) is 7.72. The number of benzene rings is 1. The van der Waals surface area contributed by atoms with Crippen LogP contribution >= 0.6 is 46.4 Å². The van der Waals surface area contributed by atoms with E-state index >= 15 is 0 Å². The number of halogens is 4.